The zero-order valence-electron chi connectivity index (χ0n) is 22.2. The number of ether oxygens (including phenoxy) is 1. The van der Waals surface area contributed by atoms with Gasteiger partial charge in [-0.15, -0.1) is 0 Å². The summed E-state index contributed by atoms with van der Waals surface area (Å²) in [7, 11) is 1.48. The summed E-state index contributed by atoms with van der Waals surface area (Å²) in [6.45, 7) is 5.43. The van der Waals surface area contributed by atoms with Crippen LogP contribution in [0.15, 0.2) is 48.5 Å². The van der Waals surface area contributed by atoms with E-state index in [-0.39, 0.29) is 23.5 Å². The van der Waals surface area contributed by atoms with Crippen LogP contribution in [0.3, 0.4) is 0 Å². The van der Waals surface area contributed by atoms with Crippen LogP contribution in [0.5, 0.6) is 5.75 Å². The number of hydrogen-bond donors (Lipinski definition) is 4. The maximum absolute atomic E-state index is 13.2. The molecule has 0 aliphatic carbocycles. The fraction of sp³-hybridized carbons (Fsp3) is 0.296. The number of benzene rings is 2. The van der Waals surface area contributed by atoms with Crippen LogP contribution < -0.4 is 26.4 Å². The minimum atomic E-state index is -0.622. The highest BCUT2D eigenvalue weighted by Gasteiger charge is 2.21. The van der Waals surface area contributed by atoms with Gasteiger partial charge in [-0.25, -0.2) is 9.78 Å². The second-order valence-corrected chi connectivity index (χ2v) is 8.89. The van der Waals surface area contributed by atoms with Crippen molar-refractivity contribution in [3.8, 4) is 5.75 Å². The Kier molecular flexibility index (Phi) is 8.44. The quantitative estimate of drug-likeness (QED) is 0.218. The molecule has 5 N–H and O–H groups in total. The van der Waals surface area contributed by atoms with Crippen molar-refractivity contribution in [2.45, 2.75) is 39.9 Å². The zero-order valence-corrected chi connectivity index (χ0v) is 22.2. The molecule has 0 saturated carbocycles. The molecule has 204 valence electrons. The summed E-state index contributed by atoms with van der Waals surface area (Å²) in [5.74, 6) is -0.341. The van der Waals surface area contributed by atoms with Crippen LogP contribution in [0.1, 0.15) is 45.4 Å². The molecule has 4 rings (SSSR count). The first-order chi connectivity index (χ1) is 18.8. The van der Waals surface area contributed by atoms with E-state index in [1.54, 1.807) is 27.4 Å². The lowest BCUT2D eigenvalue weighted by Crippen LogP contribution is -2.35. The Labute approximate surface area is 225 Å². The van der Waals surface area contributed by atoms with Gasteiger partial charge in [-0.3, -0.25) is 19.6 Å². The third kappa shape index (κ3) is 6.35. The predicted octanol–water partition coefficient (Wildman–Crippen LogP) is 2.81. The van der Waals surface area contributed by atoms with E-state index < -0.39 is 5.91 Å². The number of primary amides is 1. The van der Waals surface area contributed by atoms with Gasteiger partial charge in [0.2, 0.25) is 11.9 Å². The molecule has 0 atom stereocenters. The minimum Gasteiger partial charge on any atom is -0.494 e. The van der Waals surface area contributed by atoms with Crippen molar-refractivity contribution >= 4 is 34.8 Å². The van der Waals surface area contributed by atoms with Crippen LogP contribution in [0.2, 0.25) is 0 Å². The lowest BCUT2D eigenvalue weighted by molar-refractivity contribution is 0.0995. The number of nitrogens with one attached hydrogen (secondary N) is 3. The summed E-state index contributed by atoms with van der Waals surface area (Å²) >= 11 is 0. The topological polar surface area (TPSA) is 158 Å². The number of nitrogens with two attached hydrogens (primary N) is 1. The Morgan fingerprint density at radius 1 is 1.08 bits per heavy atom. The van der Waals surface area contributed by atoms with Crippen LogP contribution >= 0.6 is 0 Å². The maximum Gasteiger partial charge on any atom is 0.315 e. The highest BCUT2D eigenvalue weighted by Crippen LogP contribution is 2.31. The number of rotatable bonds is 11. The molecule has 39 heavy (non-hydrogen) atoms. The Hall–Kier alpha value is -4.87. The molecule has 0 unspecified atom stereocenters. The molecule has 0 saturated heterocycles. The molecular weight excluding hydrogens is 500 g/mol. The highest BCUT2D eigenvalue weighted by molar-refractivity contribution is 6.04. The average Bonchev–Trinajstić information content (AvgIpc) is 3.49. The third-order valence-corrected chi connectivity index (χ3v) is 6.11. The third-order valence-electron chi connectivity index (χ3n) is 6.11. The van der Waals surface area contributed by atoms with Crippen LogP contribution in [-0.4, -0.2) is 50.8 Å². The number of amides is 4. The molecular formula is C27H32N8O4. The lowest BCUT2D eigenvalue weighted by atomic mass is 10.1. The molecule has 2 aromatic heterocycles. The van der Waals surface area contributed by atoms with Gasteiger partial charge in [0.05, 0.1) is 18.3 Å². The van der Waals surface area contributed by atoms with Crippen molar-refractivity contribution in [2.75, 3.05) is 19.0 Å². The molecule has 2 heterocycles. The van der Waals surface area contributed by atoms with Crippen molar-refractivity contribution in [3.05, 3.63) is 71.0 Å². The van der Waals surface area contributed by atoms with Crippen LogP contribution in [-0.2, 0) is 19.6 Å². The summed E-state index contributed by atoms with van der Waals surface area (Å²) < 4.78 is 8.95. The Morgan fingerprint density at radius 3 is 2.54 bits per heavy atom. The number of aromatic nitrogens is 4. The summed E-state index contributed by atoms with van der Waals surface area (Å²) in [5.41, 5.74) is 8.88. The number of aryl methyl sites for hydroxylation is 3. The van der Waals surface area contributed by atoms with E-state index >= 15 is 0 Å². The number of carbonyl (C=O) groups is 3. The molecule has 0 bridgehead atoms. The number of methoxy groups -OCH3 is 1. The van der Waals surface area contributed by atoms with E-state index in [2.05, 4.69) is 26.0 Å². The van der Waals surface area contributed by atoms with E-state index in [9.17, 15) is 14.4 Å². The number of anilines is 1. The molecule has 12 nitrogen and oxygen atoms in total. The van der Waals surface area contributed by atoms with E-state index in [0.717, 1.165) is 11.3 Å². The van der Waals surface area contributed by atoms with Gasteiger partial charge in [-0.2, -0.15) is 5.10 Å². The van der Waals surface area contributed by atoms with Crippen molar-refractivity contribution < 1.29 is 19.1 Å². The first-order valence-corrected chi connectivity index (χ1v) is 12.6. The van der Waals surface area contributed by atoms with Gasteiger partial charge in [0, 0.05) is 31.7 Å². The predicted molar refractivity (Wildman–Crippen MR) is 147 cm³/mol. The monoisotopic (exact) mass is 532 g/mol. The number of hydrogen-bond acceptors (Lipinski definition) is 6. The molecule has 0 aliphatic heterocycles. The number of urea groups is 1. The molecule has 0 fully saturated rings. The molecule has 0 aliphatic rings. The number of fused-ring (bicyclic) bond motifs is 1. The van der Waals surface area contributed by atoms with Crippen LogP contribution in [0.4, 0.5) is 10.7 Å². The van der Waals surface area contributed by atoms with Gasteiger partial charge in [-0.05, 0) is 44.0 Å². The van der Waals surface area contributed by atoms with E-state index in [1.165, 1.54) is 7.11 Å². The van der Waals surface area contributed by atoms with Crippen molar-refractivity contribution in [1.82, 2.24) is 30.0 Å². The normalized spacial score (nSPS) is 10.8. The summed E-state index contributed by atoms with van der Waals surface area (Å²) in [4.78, 5) is 41.9. The summed E-state index contributed by atoms with van der Waals surface area (Å²) in [6, 6.07) is 14.1. The second kappa shape index (κ2) is 12.1. The average molecular weight is 533 g/mol. The van der Waals surface area contributed by atoms with Gasteiger partial charge in [0.25, 0.3) is 5.91 Å². The largest absolute Gasteiger partial charge is 0.494 e. The van der Waals surface area contributed by atoms with Gasteiger partial charge < -0.3 is 25.7 Å². The van der Waals surface area contributed by atoms with Gasteiger partial charge in [0.1, 0.15) is 17.0 Å². The van der Waals surface area contributed by atoms with Gasteiger partial charge in [0.15, 0.2) is 0 Å². The molecule has 2 aromatic carbocycles. The SMILES string of the molecule is CCn1nc(C)cc1C(=O)Nc1nc2cc(C(N)=O)cc(OC)c2n1CCCNC(=O)NCc1ccccc1. The highest BCUT2D eigenvalue weighted by atomic mass is 16.5. The van der Waals surface area contributed by atoms with Crippen molar-refractivity contribution in [2.24, 2.45) is 5.73 Å². The van der Waals surface area contributed by atoms with E-state index in [4.69, 9.17) is 10.5 Å². The molecule has 0 spiro atoms. The van der Waals surface area contributed by atoms with E-state index in [0.29, 0.717) is 55.1 Å². The van der Waals surface area contributed by atoms with Crippen LogP contribution in [0.25, 0.3) is 11.0 Å². The summed E-state index contributed by atoms with van der Waals surface area (Å²) in [6.07, 6.45) is 0.528. The van der Waals surface area contributed by atoms with Crippen LogP contribution in [0, 0.1) is 6.92 Å². The zero-order chi connectivity index (χ0) is 27.9. The van der Waals surface area contributed by atoms with E-state index in [1.807, 2.05) is 44.2 Å². The lowest BCUT2D eigenvalue weighted by Gasteiger charge is -2.13. The molecule has 0 radical (unpaired) electrons. The molecule has 4 aromatic rings. The number of imidazole rings is 1. The fourth-order valence-electron chi connectivity index (χ4n) is 4.26. The first kappa shape index (κ1) is 27.2. The maximum atomic E-state index is 13.2. The van der Waals surface area contributed by atoms with Gasteiger partial charge in [-0.1, -0.05) is 30.3 Å². The standard InChI is InChI=1S/C27H32N8O4/c1-4-35-21(13-17(2)33-35)25(37)32-26-31-20-14-19(24(28)36)15-22(39-3)23(20)34(26)12-8-11-29-27(38)30-16-18-9-6-5-7-10-18/h5-7,9-10,13-15H,4,8,11-12,16H2,1-3H3,(H2,28,36)(H2,29,30,38)(H,31,32,37). The summed E-state index contributed by atoms with van der Waals surface area (Å²) in [5, 5.41) is 12.9. The van der Waals surface area contributed by atoms with Crippen molar-refractivity contribution in [1.29, 1.82) is 0 Å². The first-order valence-electron chi connectivity index (χ1n) is 12.6. The molecule has 12 heteroatoms. The van der Waals surface area contributed by atoms with Gasteiger partial charge >= 0.3 is 6.03 Å². The molecule has 4 amide bonds. The second-order valence-electron chi connectivity index (χ2n) is 8.89. The minimum absolute atomic E-state index is 0.235. The number of carbonyl (C=O) groups excluding carboxylic acids is 3. The Morgan fingerprint density at radius 2 is 1.85 bits per heavy atom. The fourth-order valence-corrected chi connectivity index (χ4v) is 4.26. The smallest absolute Gasteiger partial charge is 0.315 e. The Balaban J connectivity index is 1.53. The van der Waals surface area contributed by atoms with Crippen molar-refractivity contribution in [3.63, 3.8) is 0 Å². The number of nitrogens with zero attached hydrogens (tertiary/aromatic N) is 4. The Bertz CT molecular complexity index is 1490.